The topological polar surface area (TPSA) is 77.8 Å². The summed E-state index contributed by atoms with van der Waals surface area (Å²) in [5.74, 6) is 0. The Morgan fingerprint density at radius 2 is 1.83 bits per heavy atom. The standard InChI is InChI=1S/C11H9Cl2N3O2/c12-8-2-1-6(3-9(8)13)14-5-7-4-10(17)16-11(18)15-7/h1-4,14H,5H2,(H2,15,16,17,18). The van der Waals surface area contributed by atoms with Gasteiger partial charge in [0.1, 0.15) is 0 Å². The second-order valence-corrected chi connectivity index (χ2v) is 4.41. The highest BCUT2D eigenvalue weighted by molar-refractivity contribution is 6.42. The molecule has 3 N–H and O–H groups in total. The molecule has 0 aliphatic carbocycles. The van der Waals surface area contributed by atoms with E-state index in [1.54, 1.807) is 18.2 Å². The first kappa shape index (κ1) is 12.7. The molecule has 2 aromatic rings. The summed E-state index contributed by atoms with van der Waals surface area (Å²) in [6.45, 7) is 0.303. The lowest BCUT2D eigenvalue weighted by molar-refractivity contribution is 0.942. The van der Waals surface area contributed by atoms with Crippen LogP contribution in [0.15, 0.2) is 33.9 Å². The van der Waals surface area contributed by atoms with Crippen molar-refractivity contribution in [3.8, 4) is 0 Å². The highest BCUT2D eigenvalue weighted by Gasteiger charge is 2.00. The lowest BCUT2D eigenvalue weighted by Gasteiger charge is -2.06. The molecule has 0 fully saturated rings. The molecule has 1 aromatic heterocycles. The number of aromatic amines is 2. The lowest BCUT2D eigenvalue weighted by atomic mass is 10.3. The van der Waals surface area contributed by atoms with Gasteiger partial charge in [-0.05, 0) is 18.2 Å². The lowest BCUT2D eigenvalue weighted by Crippen LogP contribution is -2.23. The van der Waals surface area contributed by atoms with Crippen molar-refractivity contribution in [3.63, 3.8) is 0 Å². The fraction of sp³-hybridized carbons (Fsp3) is 0.0909. The number of rotatable bonds is 3. The van der Waals surface area contributed by atoms with E-state index in [4.69, 9.17) is 23.2 Å². The van der Waals surface area contributed by atoms with Gasteiger partial charge in [-0.1, -0.05) is 23.2 Å². The molecule has 1 aromatic carbocycles. The molecule has 7 heteroatoms. The fourth-order valence-corrected chi connectivity index (χ4v) is 1.72. The van der Waals surface area contributed by atoms with Gasteiger partial charge in [-0.2, -0.15) is 0 Å². The molecule has 2 rings (SSSR count). The minimum Gasteiger partial charge on any atom is -0.379 e. The molecule has 94 valence electrons. The van der Waals surface area contributed by atoms with E-state index >= 15 is 0 Å². The van der Waals surface area contributed by atoms with Crippen molar-refractivity contribution in [1.82, 2.24) is 9.97 Å². The van der Waals surface area contributed by atoms with Gasteiger partial charge < -0.3 is 10.3 Å². The molecular formula is C11H9Cl2N3O2. The van der Waals surface area contributed by atoms with E-state index in [1.165, 1.54) is 6.07 Å². The molecule has 0 saturated heterocycles. The zero-order chi connectivity index (χ0) is 13.1. The Morgan fingerprint density at radius 1 is 1.06 bits per heavy atom. The Morgan fingerprint density at radius 3 is 2.50 bits per heavy atom. The Bertz CT molecular complexity index is 650. The molecule has 0 atom stereocenters. The molecule has 0 amide bonds. The van der Waals surface area contributed by atoms with Crippen LogP contribution in [0.3, 0.4) is 0 Å². The molecule has 0 bridgehead atoms. The molecular weight excluding hydrogens is 277 g/mol. The van der Waals surface area contributed by atoms with Gasteiger partial charge in [0, 0.05) is 17.4 Å². The van der Waals surface area contributed by atoms with Crippen LogP contribution in [0.4, 0.5) is 5.69 Å². The third-order valence-electron chi connectivity index (χ3n) is 2.22. The van der Waals surface area contributed by atoms with E-state index in [0.717, 1.165) is 5.69 Å². The molecule has 0 radical (unpaired) electrons. The summed E-state index contributed by atoms with van der Waals surface area (Å²) in [6, 6.07) is 6.38. The van der Waals surface area contributed by atoms with Crippen molar-refractivity contribution in [2.24, 2.45) is 0 Å². The minimum absolute atomic E-state index is 0.303. The van der Waals surface area contributed by atoms with E-state index in [-0.39, 0.29) is 0 Å². The van der Waals surface area contributed by atoms with Crippen LogP contribution >= 0.6 is 23.2 Å². The number of hydrogen-bond donors (Lipinski definition) is 3. The first-order valence-corrected chi connectivity index (χ1v) is 5.81. The van der Waals surface area contributed by atoms with Gasteiger partial charge in [-0.15, -0.1) is 0 Å². The zero-order valence-electron chi connectivity index (χ0n) is 9.09. The molecule has 0 unspecified atom stereocenters. The normalized spacial score (nSPS) is 10.3. The number of anilines is 1. The zero-order valence-corrected chi connectivity index (χ0v) is 10.6. The van der Waals surface area contributed by atoms with Gasteiger partial charge in [0.05, 0.1) is 16.6 Å². The highest BCUT2D eigenvalue weighted by Crippen LogP contribution is 2.25. The molecule has 5 nitrogen and oxygen atoms in total. The Balaban J connectivity index is 2.13. The van der Waals surface area contributed by atoms with Crippen molar-refractivity contribution < 1.29 is 0 Å². The van der Waals surface area contributed by atoms with E-state index < -0.39 is 11.2 Å². The number of aromatic nitrogens is 2. The van der Waals surface area contributed by atoms with Gasteiger partial charge in [-0.3, -0.25) is 9.78 Å². The van der Waals surface area contributed by atoms with Gasteiger partial charge in [0.15, 0.2) is 0 Å². The van der Waals surface area contributed by atoms with E-state index in [0.29, 0.717) is 22.3 Å². The Labute approximate surface area is 112 Å². The first-order valence-electron chi connectivity index (χ1n) is 5.06. The van der Waals surface area contributed by atoms with Crippen molar-refractivity contribution >= 4 is 28.9 Å². The van der Waals surface area contributed by atoms with Gasteiger partial charge in [-0.25, -0.2) is 4.79 Å². The summed E-state index contributed by atoms with van der Waals surface area (Å²) in [5.41, 5.74) is 0.249. The Kier molecular flexibility index (Phi) is 3.74. The van der Waals surface area contributed by atoms with Crippen molar-refractivity contribution in [3.05, 3.63) is 60.8 Å². The monoisotopic (exact) mass is 285 g/mol. The number of nitrogens with one attached hydrogen (secondary N) is 3. The van der Waals surface area contributed by atoms with Crippen LogP contribution in [0.25, 0.3) is 0 Å². The van der Waals surface area contributed by atoms with Crippen LogP contribution in [-0.2, 0) is 6.54 Å². The average molecular weight is 286 g/mol. The summed E-state index contributed by atoms with van der Waals surface area (Å²) in [4.78, 5) is 26.7. The third kappa shape index (κ3) is 3.15. The van der Waals surface area contributed by atoms with Crippen LogP contribution < -0.4 is 16.6 Å². The van der Waals surface area contributed by atoms with E-state index in [2.05, 4.69) is 15.3 Å². The molecule has 0 saturated carbocycles. The number of benzene rings is 1. The maximum Gasteiger partial charge on any atom is 0.325 e. The largest absolute Gasteiger partial charge is 0.379 e. The summed E-state index contributed by atoms with van der Waals surface area (Å²) in [6.07, 6.45) is 0. The maximum absolute atomic E-state index is 11.1. The predicted molar refractivity (Wildman–Crippen MR) is 71.5 cm³/mol. The molecule has 0 aliphatic rings. The summed E-state index contributed by atoms with van der Waals surface area (Å²) < 4.78 is 0. The van der Waals surface area contributed by atoms with Crippen molar-refractivity contribution in [2.45, 2.75) is 6.54 Å². The second kappa shape index (κ2) is 5.29. The number of hydrogen-bond acceptors (Lipinski definition) is 3. The SMILES string of the molecule is O=c1cc(CNc2ccc(Cl)c(Cl)c2)[nH]c(=O)[nH]1. The summed E-state index contributed by atoms with van der Waals surface area (Å²) in [5, 5.41) is 3.91. The average Bonchev–Trinajstić information content (AvgIpc) is 2.29. The molecule has 18 heavy (non-hydrogen) atoms. The van der Waals surface area contributed by atoms with Crippen LogP contribution in [0.5, 0.6) is 0 Å². The van der Waals surface area contributed by atoms with Crippen LogP contribution in [-0.4, -0.2) is 9.97 Å². The quantitative estimate of drug-likeness (QED) is 0.807. The molecule has 1 heterocycles. The third-order valence-corrected chi connectivity index (χ3v) is 2.96. The fourth-order valence-electron chi connectivity index (χ4n) is 1.42. The second-order valence-electron chi connectivity index (χ2n) is 3.60. The first-order chi connectivity index (χ1) is 8.54. The minimum atomic E-state index is -0.534. The van der Waals surface area contributed by atoms with E-state index in [9.17, 15) is 9.59 Å². The summed E-state index contributed by atoms with van der Waals surface area (Å²) >= 11 is 11.6. The van der Waals surface area contributed by atoms with Gasteiger partial charge in [0.2, 0.25) is 0 Å². The summed E-state index contributed by atoms with van der Waals surface area (Å²) in [7, 11) is 0. The Hall–Kier alpha value is -1.72. The maximum atomic E-state index is 11.1. The number of H-pyrrole nitrogens is 2. The highest BCUT2D eigenvalue weighted by atomic mass is 35.5. The molecule has 0 spiro atoms. The van der Waals surface area contributed by atoms with E-state index in [1.807, 2.05) is 0 Å². The van der Waals surface area contributed by atoms with Gasteiger partial charge >= 0.3 is 5.69 Å². The van der Waals surface area contributed by atoms with Crippen molar-refractivity contribution in [1.29, 1.82) is 0 Å². The van der Waals surface area contributed by atoms with Crippen molar-refractivity contribution in [2.75, 3.05) is 5.32 Å². The van der Waals surface area contributed by atoms with Crippen LogP contribution in [0, 0.1) is 0 Å². The smallest absolute Gasteiger partial charge is 0.325 e. The van der Waals surface area contributed by atoms with Gasteiger partial charge in [0.25, 0.3) is 5.56 Å². The van der Waals surface area contributed by atoms with Crippen LogP contribution in [0.2, 0.25) is 10.0 Å². The number of halogens is 2. The van der Waals surface area contributed by atoms with Crippen LogP contribution in [0.1, 0.15) is 5.69 Å². The predicted octanol–water partition coefficient (Wildman–Crippen LogP) is 1.98. The molecule has 0 aliphatic heterocycles.